The van der Waals surface area contributed by atoms with E-state index in [1.165, 1.54) is 32.1 Å². The first-order valence-corrected chi connectivity index (χ1v) is 8.14. The number of aliphatic hydroxyl groups excluding tert-OH is 1. The summed E-state index contributed by atoms with van der Waals surface area (Å²) in [5.74, 6) is 0.799. The van der Waals surface area contributed by atoms with Crippen molar-refractivity contribution in [3.05, 3.63) is 0 Å². The lowest BCUT2D eigenvalue weighted by atomic mass is 9.85. The van der Waals surface area contributed by atoms with E-state index in [1.807, 2.05) is 0 Å². The number of aliphatic hydroxyl groups is 1. The van der Waals surface area contributed by atoms with E-state index in [4.69, 9.17) is 13.6 Å². The SMILES string of the molecule is O[C@@H]1CC(CC2CCCCC2)OC1COPOP. The average Bonchev–Trinajstić information content (AvgIpc) is 2.71. The van der Waals surface area contributed by atoms with E-state index in [0.29, 0.717) is 6.61 Å². The Bertz CT molecular complexity index is 236. The Balaban J connectivity index is 1.68. The van der Waals surface area contributed by atoms with Crippen LogP contribution in [0.3, 0.4) is 0 Å². The molecule has 1 saturated heterocycles. The van der Waals surface area contributed by atoms with Gasteiger partial charge in [-0.25, -0.2) is 0 Å². The summed E-state index contributed by atoms with van der Waals surface area (Å²) in [4.78, 5) is 0. The lowest BCUT2D eigenvalue weighted by Crippen LogP contribution is -2.25. The molecule has 0 aromatic carbocycles. The molecule has 4 unspecified atom stereocenters. The highest BCUT2D eigenvalue weighted by molar-refractivity contribution is 7.34. The molecule has 2 fully saturated rings. The normalized spacial score (nSPS) is 34.7. The second-order valence-corrected chi connectivity index (χ2v) is 6.75. The van der Waals surface area contributed by atoms with Crippen LogP contribution in [-0.2, 0) is 13.6 Å². The standard InChI is InChI=1S/C12H24O4P2/c13-11-7-10(6-9-4-2-1-3-5-9)15-12(11)8-14-18-16-17/h9-13,18H,1-8,17H2/t10?,11-,12?/m1/s1. The van der Waals surface area contributed by atoms with Gasteiger partial charge in [-0.2, -0.15) is 0 Å². The Morgan fingerprint density at radius 1 is 1.28 bits per heavy atom. The smallest absolute Gasteiger partial charge is 0.158 e. The second-order valence-electron chi connectivity index (χ2n) is 5.35. The van der Waals surface area contributed by atoms with E-state index in [9.17, 15) is 5.11 Å². The van der Waals surface area contributed by atoms with Crippen LogP contribution >= 0.6 is 18.5 Å². The molecule has 0 amide bonds. The zero-order chi connectivity index (χ0) is 12.8. The molecule has 0 radical (unpaired) electrons. The summed E-state index contributed by atoms with van der Waals surface area (Å²) in [6.07, 6.45) is 8.30. The summed E-state index contributed by atoms with van der Waals surface area (Å²) in [5, 5.41) is 9.94. The van der Waals surface area contributed by atoms with Crippen LogP contribution in [0.15, 0.2) is 0 Å². The zero-order valence-electron chi connectivity index (χ0n) is 10.7. The van der Waals surface area contributed by atoms with E-state index in [2.05, 4.69) is 9.47 Å². The quantitative estimate of drug-likeness (QED) is 0.604. The summed E-state index contributed by atoms with van der Waals surface area (Å²) in [5.41, 5.74) is 0. The van der Waals surface area contributed by atoms with Crippen LogP contribution in [0.1, 0.15) is 44.9 Å². The third-order valence-electron chi connectivity index (χ3n) is 3.98. The van der Waals surface area contributed by atoms with E-state index in [-0.39, 0.29) is 27.3 Å². The molecule has 1 heterocycles. The van der Waals surface area contributed by atoms with Gasteiger partial charge in [0.15, 0.2) is 9.03 Å². The molecule has 1 aliphatic carbocycles. The molecule has 2 rings (SSSR count). The highest BCUT2D eigenvalue weighted by atomic mass is 31.1. The van der Waals surface area contributed by atoms with Crippen molar-refractivity contribution in [2.24, 2.45) is 5.92 Å². The topological polar surface area (TPSA) is 47.9 Å². The number of rotatable bonds is 6. The van der Waals surface area contributed by atoms with Gasteiger partial charge in [-0.1, -0.05) is 32.1 Å². The predicted octanol–water partition coefficient (Wildman–Crippen LogP) is 2.81. The van der Waals surface area contributed by atoms with Gasteiger partial charge in [0.25, 0.3) is 0 Å². The van der Waals surface area contributed by atoms with Crippen LogP contribution in [0.4, 0.5) is 0 Å². The fourth-order valence-electron chi connectivity index (χ4n) is 3.06. The van der Waals surface area contributed by atoms with Gasteiger partial charge >= 0.3 is 0 Å². The Hall–Kier alpha value is 0.700. The monoisotopic (exact) mass is 294 g/mol. The molecule has 0 bridgehead atoms. The van der Waals surface area contributed by atoms with Crippen LogP contribution in [0.2, 0.25) is 0 Å². The van der Waals surface area contributed by atoms with Gasteiger partial charge in [0.1, 0.15) is 6.10 Å². The molecule has 106 valence electrons. The first-order valence-electron chi connectivity index (χ1n) is 6.85. The number of ether oxygens (including phenoxy) is 1. The Kier molecular flexibility index (Phi) is 6.79. The molecule has 4 nitrogen and oxygen atoms in total. The van der Waals surface area contributed by atoms with Gasteiger partial charge in [-0.3, -0.25) is 0 Å². The van der Waals surface area contributed by atoms with E-state index >= 15 is 0 Å². The highest BCUT2D eigenvalue weighted by Crippen LogP contribution is 2.33. The summed E-state index contributed by atoms with van der Waals surface area (Å²) >= 11 is 0. The Morgan fingerprint density at radius 3 is 2.78 bits per heavy atom. The average molecular weight is 294 g/mol. The van der Waals surface area contributed by atoms with Crippen LogP contribution in [-0.4, -0.2) is 30.0 Å². The van der Waals surface area contributed by atoms with E-state index in [0.717, 1.165) is 18.8 Å². The van der Waals surface area contributed by atoms with Gasteiger partial charge in [0, 0.05) is 15.9 Å². The van der Waals surface area contributed by atoms with Crippen molar-refractivity contribution in [1.29, 1.82) is 0 Å². The summed E-state index contributed by atoms with van der Waals surface area (Å²) in [7, 11) is 2.15. The van der Waals surface area contributed by atoms with Gasteiger partial charge in [0.2, 0.25) is 0 Å². The number of hydrogen-bond donors (Lipinski definition) is 1. The fourth-order valence-corrected chi connectivity index (χ4v) is 3.57. The van der Waals surface area contributed by atoms with Crippen LogP contribution < -0.4 is 0 Å². The van der Waals surface area contributed by atoms with Gasteiger partial charge in [-0.05, 0) is 12.3 Å². The third kappa shape index (κ3) is 4.67. The second kappa shape index (κ2) is 8.09. The van der Waals surface area contributed by atoms with Crippen LogP contribution in [0.5, 0.6) is 0 Å². The van der Waals surface area contributed by atoms with E-state index in [1.54, 1.807) is 0 Å². The Morgan fingerprint density at radius 2 is 2.06 bits per heavy atom. The predicted molar refractivity (Wildman–Crippen MR) is 75.5 cm³/mol. The molecule has 18 heavy (non-hydrogen) atoms. The molecule has 0 aromatic heterocycles. The first-order chi connectivity index (χ1) is 8.79. The van der Waals surface area contributed by atoms with Crippen molar-refractivity contribution in [1.82, 2.24) is 0 Å². The molecule has 0 aromatic rings. The molecular weight excluding hydrogens is 270 g/mol. The first kappa shape index (κ1) is 15.1. The molecule has 0 spiro atoms. The largest absolute Gasteiger partial charge is 0.390 e. The van der Waals surface area contributed by atoms with Gasteiger partial charge in [0.05, 0.1) is 18.8 Å². The zero-order valence-corrected chi connectivity index (χ0v) is 12.9. The van der Waals surface area contributed by atoms with Crippen LogP contribution in [0.25, 0.3) is 0 Å². The van der Waals surface area contributed by atoms with Crippen molar-refractivity contribution in [3.8, 4) is 0 Å². The lowest BCUT2D eigenvalue weighted by Gasteiger charge is -2.24. The van der Waals surface area contributed by atoms with Crippen molar-refractivity contribution >= 4 is 18.5 Å². The van der Waals surface area contributed by atoms with Crippen molar-refractivity contribution in [2.75, 3.05) is 6.61 Å². The van der Waals surface area contributed by atoms with Gasteiger partial charge in [-0.15, -0.1) is 0 Å². The highest BCUT2D eigenvalue weighted by Gasteiger charge is 2.35. The van der Waals surface area contributed by atoms with Crippen molar-refractivity contribution in [3.63, 3.8) is 0 Å². The summed E-state index contributed by atoms with van der Waals surface area (Å²) in [6, 6.07) is 0. The third-order valence-corrected chi connectivity index (χ3v) is 4.65. The Labute approximate surface area is 113 Å². The lowest BCUT2D eigenvalue weighted by molar-refractivity contribution is -0.0216. The minimum absolute atomic E-state index is 0.000386. The van der Waals surface area contributed by atoms with Gasteiger partial charge < -0.3 is 18.7 Å². The molecule has 1 N–H and O–H groups in total. The molecule has 1 saturated carbocycles. The minimum atomic E-state index is -0.382. The molecule has 5 atom stereocenters. The number of hydrogen-bond acceptors (Lipinski definition) is 4. The fraction of sp³-hybridized carbons (Fsp3) is 1.00. The van der Waals surface area contributed by atoms with Crippen LogP contribution in [0, 0.1) is 5.92 Å². The maximum absolute atomic E-state index is 9.94. The molecule has 6 heteroatoms. The maximum atomic E-state index is 9.94. The molecule has 1 aliphatic heterocycles. The summed E-state index contributed by atoms with van der Waals surface area (Å²) < 4.78 is 15.9. The maximum Gasteiger partial charge on any atom is 0.158 e. The minimum Gasteiger partial charge on any atom is -0.390 e. The van der Waals surface area contributed by atoms with Crippen molar-refractivity contribution < 1.29 is 18.7 Å². The molecule has 2 aliphatic rings. The van der Waals surface area contributed by atoms with Crippen molar-refractivity contribution in [2.45, 2.75) is 63.3 Å². The molecular formula is C12H24O4P2. The van der Waals surface area contributed by atoms with E-state index < -0.39 is 0 Å². The summed E-state index contributed by atoms with van der Waals surface area (Å²) in [6.45, 7) is 0.426.